The molecule has 1 aromatic carbocycles. The Morgan fingerprint density at radius 1 is 1.12 bits per heavy atom. The Bertz CT molecular complexity index is 1190. The molecule has 1 saturated heterocycles. The van der Waals surface area contributed by atoms with Crippen LogP contribution in [-0.2, 0) is 13.2 Å². The van der Waals surface area contributed by atoms with Crippen LogP contribution < -0.4 is 20.1 Å². The molecule has 0 radical (unpaired) electrons. The molecule has 0 spiro atoms. The van der Waals surface area contributed by atoms with Crippen molar-refractivity contribution in [2.45, 2.75) is 32.9 Å². The molecule has 2 aliphatic rings. The molecule has 5 rings (SSSR count). The van der Waals surface area contributed by atoms with E-state index >= 15 is 0 Å². The lowest BCUT2D eigenvalue weighted by Gasteiger charge is -2.40. The van der Waals surface area contributed by atoms with E-state index in [0.717, 1.165) is 43.9 Å². The van der Waals surface area contributed by atoms with Gasteiger partial charge < -0.3 is 14.4 Å². The van der Waals surface area contributed by atoms with Gasteiger partial charge >= 0.3 is 5.69 Å². The molecular formula is C22H21F2N5O3. The van der Waals surface area contributed by atoms with Crippen molar-refractivity contribution in [3.63, 3.8) is 0 Å². The van der Waals surface area contributed by atoms with Crippen LogP contribution in [0.25, 0.3) is 0 Å². The number of benzene rings is 1. The molecule has 4 heterocycles. The largest absolute Gasteiger partial charge is 0.473 e. The Kier molecular flexibility index (Phi) is 5.20. The molecule has 1 unspecified atom stereocenters. The zero-order chi connectivity index (χ0) is 22.2. The van der Waals surface area contributed by atoms with Crippen LogP contribution in [0, 0.1) is 24.5 Å². The second kappa shape index (κ2) is 8.18. The van der Waals surface area contributed by atoms with Crippen molar-refractivity contribution in [2.75, 3.05) is 18.0 Å². The van der Waals surface area contributed by atoms with E-state index in [9.17, 15) is 13.6 Å². The number of anilines is 1. The molecule has 1 fully saturated rings. The summed E-state index contributed by atoms with van der Waals surface area (Å²) in [5.41, 5.74) is -0.138. The number of hydrogen-bond acceptors (Lipinski definition) is 7. The van der Waals surface area contributed by atoms with Gasteiger partial charge in [-0.25, -0.2) is 23.5 Å². The zero-order valence-electron chi connectivity index (χ0n) is 17.4. The lowest BCUT2D eigenvalue weighted by molar-refractivity contribution is 0.281. The van der Waals surface area contributed by atoms with Gasteiger partial charge in [0.2, 0.25) is 5.88 Å². The van der Waals surface area contributed by atoms with Gasteiger partial charge in [0.25, 0.3) is 0 Å². The molecule has 2 aliphatic heterocycles. The first-order chi connectivity index (χ1) is 15.5. The molecule has 2 bridgehead atoms. The number of aromatic nitrogens is 4. The van der Waals surface area contributed by atoms with Crippen LogP contribution in [-0.4, -0.2) is 32.6 Å². The smallest absolute Gasteiger partial charge is 0.352 e. The second-order valence-corrected chi connectivity index (χ2v) is 8.05. The fourth-order valence-electron chi connectivity index (χ4n) is 4.16. The summed E-state index contributed by atoms with van der Waals surface area (Å²) in [6.45, 7) is 3.98. The Morgan fingerprint density at radius 2 is 1.88 bits per heavy atom. The van der Waals surface area contributed by atoms with Crippen LogP contribution in [0.3, 0.4) is 0 Å². The first-order valence-electron chi connectivity index (χ1n) is 10.4. The number of nitrogens with zero attached hydrogens (tertiary/aromatic N) is 5. The second-order valence-electron chi connectivity index (χ2n) is 8.05. The monoisotopic (exact) mass is 441 g/mol. The van der Waals surface area contributed by atoms with Crippen molar-refractivity contribution in [1.29, 1.82) is 0 Å². The van der Waals surface area contributed by atoms with Crippen molar-refractivity contribution in [2.24, 2.45) is 5.92 Å². The van der Waals surface area contributed by atoms with Gasteiger partial charge in [0.1, 0.15) is 18.2 Å². The lowest BCUT2D eigenvalue weighted by Crippen LogP contribution is -2.46. The summed E-state index contributed by atoms with van der Waals surface area (Å²) in [6, 6.07) is 3.95. The van der Waals surface area contributed by atoms with Gasteiger partial charge in [-0.1, -0.05) is 0 Å². The van der Waals surface area contributed by atoms with E-state index in [0.29, 0.717) is 18.3 Å². The van der Waals surface area contributed by atoms with Crippen molar-refractivity contribution in [3.05, 3.63) is 64.1 Å². The van der Waals surface area contributed by atoms with Gasteiger partial charge in [-0.3, -0.25) is 4.57 Å². The molecule has 8 nitrogen and oxygen atoms in total. The van der Waals surface area contributed by atoms with Gasteiger partial charge in [-0.2, -0.15) is 4.98 Å². The van der Waals surface area contributed by atoms with E-state index in [1.165, 1.54) is 12.4 Å². The van der Waals surface area contributed by atoms with Gasteiger partial charge in [-0.05, 0) is 43.4 Å². The molecule has 2 aromatic heterocycles. The van der Waals surface area contributed by atoms with Crippen LogP contribution in [0.1, 0.15) is 24.2 Å². The molecule has 0 amide bonds. The van der Waals surface area contributed by atoms with Crippen LogP contribution in [0.4, 0.5) is 14.6 Å². The third kappa shape index (κ3) is 4.00. The number of fused-ring (bicyclic) bond motifs is 4. The molecule has 0 N–H and O–H groups in total. The van der Waals surface area contributed by atoms with E-state index in [2.05, 4.69) is 19.9 Å². The minimum absolute atomic E-state index is 0.121. The molecule has 3 aromatic rings. The fraction of sp³-hybridized carbons (Fsp3) is 0.364. The van der Waals surface area contributed by atoms with Gasteiger partial charge in [0, 0.05) is 25.7 Å². The highest BCUT2D eigenvalue weighted by Crippen LogP contribution is 2.31. The molecule has 1 atom stereocenters. The summed E-state index contributed by atoms with van der Waals surface area (Å²) in [5, 5.41) is 0. The minimum atomic E-state index is -0.887. The summed E-state index contributed by atoms with van der Waals surface area (Å²) in [4.78, 5) is 26.5. The predicted molar refractivity (Wildman–Crippen MR) is 111 cm³/mol. The van der Waals surface area contributed by atoms with E-state index in [4.69, 9.17) is 9.47 Å². The van der Waals surface area contributed by atoms with Gasteiger partial charge in [0.05, 0.1) is 12.4 Å². The molecule has 0 saturated carbocycles. The normalized spacial score (nSPS) is 17.1. The summed E-state index contributed by atoms with van der Waals surface area (Å²) < 4.78 is 41.5. The molecule has 32 heavy (non-hydrogen) atoms. The first-order valence-corrected chi connectivity index (χ1v) is 10.4. The third-order valence-corrected chi connectivity index (χ3v) is 5.67. The molecular weight excluding hydrogens is 420 g/mol. The third-order valence-electron chi connectivity index (χ3n) is 5.67. The number of hydrogen-bond donors (Lipinski definition) is 0. The minimum Gasteiger partial charge on any atom is -0.473 e. The molecule has 166 valence electrons. The zero-order valence-corrected chi connectivity index (χ0v) is 17.4. The highest BCUT2D eigenvalue weighted by Gasteiger charge is 2.29. The highest BCUT2D eigenvalue weighted by molar-refractivity contribution is 5.44. The van der Waals surface area contributed by atoms with E-state index < -0.39 is 17.4 Å². The standard InChI is InChI=1S/C22H21F2N5O3/c1-13-25-8-16(9-26-13)32-21-17(23)5-15(6-18(21)24)12-31-19-7-20-28-4-2-3-14(10-28)11-29(20)22(30)27-19/h5-9,14H,2-4,10-12H2,1H3. The van der Waals surface area contributed by atoms with Crippen molar-refractivity contribution < 1.29 is 18.3 Å². The Hall–Kier alpha value is -3.56. The van der Waals surface area contributed by atoms with Crippen LogP contribution in [0.5, 0.6) is 17.4 Å². The number of piperidine rings is 1. The highest BCUT2D eigenvalue weighted by atomic mass is 19.1. The number of aryl methyl sites for hydroxylation is 1. The van der Waals surface area contributed by atoms with E-state index in [-0.39, 0.29) is 29.5 Å². The topological polar surface area (TPSA) is 82.4 Å². The average Bonchev–Trinajstić information content (AvgIpc) is 2.77. The summed E-state index contributed by atoms with van der Waals surface area (Å²) >= 11 is 0. The van der Waals surface area contributed by atoms with E-state index in [1.54, 1.807) is 17.6 Å². The SMILES string of the molecule is Cc1ncc(Oc2c(F)cc(COc3cc4n(c(=O)n3)CC3CCCN4C3)cc2F)cn1. The fourth-order valence-corrected chi connectivity index (χ4v) is 4.16. The summed E-state index contributed by atoms with van der Waals surface area (Å²) in [5.74, 6) is -0.325. The van der Waals surface area contributed by atoms with Gasteiger partial charge in [0.15, 0.2) is 23.1 Å². The number of rotatable bonds is 5. The Morgan fingerprint density at radius 3 is 2.62 bits per heavy atom. The lowest BCUT2D eigenvalue weighted by atomic mass is 9.96. The van der Waals surface area contributed by atoms with Crippen molar-refractivity contribution >= 4 is 5.82 Å². The Balaban J connectivity index is 1.32. The molecule has 10 heteroatoms. The average molecular weight is 441 g/mol. The number of ether oxygens (including phenoxy) is 2. The van der Waals surface area contributed by atoms with Crippen molar-refractivity contribution in [1.82, 2.24) is 19.5 Å². The van der Waals surface area contributed by atoms with Crippen LogP contribution in [0.15, 0.2) is 35.4 Å². The van der Waals surface area contributed by atoms with Gasteiger partial charge in [-0.15, -0.1) is 0 Å². The molecule has 0 aliphatic carbocycles. The van der Waals surface area contributed by atoms with Crippen LogP contribution in [0.2, 0.25) is 0 Å². The summed E-state index contributed by atoms with van der Waals surface area (Å²) in [7, 11) is 0. The Labute approximate surface area is 182 Å². The maximum absolute atomic E-state index is 14.5. The number of halogens is 2. The van der Waals surface area contributed by atoms with Crippen molar-refractivity contribution in [3.8, 4) is 17.4 Å². The predicted octanol–water partition coefficient (Wildman–Crippen LogP) is 3.22. The van der Waals surface area contributed by atoms with E-state index in [1.807, 2.05) is 0 Å². The maximum atomic E-state index is 14.5. The quantitative estimate of drug-likeness (QED) is 0.601. The first kappa shape index (κ1) is 20.3. The maximum Gasteiger partial charge on any atom is 0.352 e. The summed E-state index contributed by atoms with van der Waals surface area (Å²) in [6.07, 6.45) is 4.86. The van der Waals surface area contributed by atoms with Crippen LogP contribution >= 0.6 is 0 Å².